The molecule has 2 heterocycles. The summed E-state index contributed by atoms with van der Waals surface area (Å²) in [5.41, 5.74) is 10.9. The van der Waals surface area contributed by atoms with Crippen molar-refractivity contribution in [3.63, 3.8) is 0 Å². The summed E-state index contributed by atoms with van der Waals surface area (Å²) >= 11 is 3.96. The average Bonchev–Trinajstić information content (AvgIpc) is 3.18. The van der Waals surface area contributed by atoms with Crippen LogP contribution in [0.15, 0.2) is 22.8 Å². The van der Waals surface area contributed by atoms with Crippen LogP contribution in [0.4, 0.5) is 0 Å². The van der Waals surface area contributed by atoms with Gasteiger partial charge in [0.1, 0.15) is 8.07 Å². The van der Waals surface area contributed by atoms with Crippen molar-refractivity contribution in [3.05, 3.63) is 33.9 Å². The molecule has 0 saturated carbocycles. The molecule has 32 heavy (non-hydrogen) atoms. The Morgan fingerprint density at radius 3 is 2.47 bits per heavy atom. The second kappa shape index (κ2) is 9.48. The number of halogens is 1. The Bertz CT molecular complexity index is 1060. The zero-order valence-corrected chi connectivity index (χ0v) is 23.1. The van der Waals surface area contributed by atoms with Crippen LogP contribution in [0, 0.1) is 11.5 Å². The van der Waals surface area contributed by atoms with Gasteiger partial charge in [-0.15, -0.1) is 5.54 Å². The summed E-state index contributed by atoms with van der Waals surface area (Å²) in [6.07, 6.45) is 9.88. The molecule has 3 nitrogen and oxygen atoms in total. The van der Waals surface area contributed by atoms with Gasteiger partial charge in [0.15, 0.2) is 6.23 Å². The third kappa shape index (κ3) is 4.04. The summed E-state index contributed by atoms with van der Waals surface area (Å²) in [7, 11) is -1.77. The summed E-state index contributed by atoms with van der Waals surface area (Å²) in [4.78, 5) is 0. The standard InChI is InChI=1S/C27H37BrN2OSi/c1-18(2)32(19(3)4,20(5)6)15-13-21-10-9-11-22-16-24-23(27(28)26(21)22)17-29-30(24)25-12-7-8-14-31-25/h10,16-20,25H,7-9,11-12,14H2,1-6H3. The number of allylic oxidation sites excluding steroid dienone is 2. The molecular formula is C27H37BrN2OSi. The van der Waals surface area contributed by atoms with E-state index < -0.39 is 8.07 Å². The lowest BCUT2D eigenvalue weighted by Crippen LogP contribution is -2.43. The second-order valence-electron chi connectivity index (χ2n) is 10.4. The maximum atomic E-state index is 6.03. The molecule has 1 unspecified atom stereocenters. The topological polar surface area (TPSA) is 27.1 Å². The van der Waals surface area contributed by atoms with Crippen molar-refractivity contribution < 1.29 is 4.74 Å². The first-order valence-corrected chi connectivity index (χ1v) is 15.3. The highest BCUT2D eigenvalue weighted by atomic mass is 79.9. The average molecular weight is 514 g/mol. The molecule has 0 bridgehead atoms. The molecule has 0 amide bonds. The Labute approximate surface area is 203 Å². The maximum Gasteiger partial charge on any atom is 0.150 e. The van der Waals surface area contributed by atoms with Crippen molar-refractivity contribution in [1.82, 2.24) is 9.78 Å². The number of benzene rings is 1. The molecule has 0 spiro atoms. The lowest BCUT2D eigenvalue weighted by molar-refractivity contribution is -0.0366. The van der Waals surface area contributed by atoms with Gasteiger partial charge in [0.2, 0.25) is 0 Å². The van der Waals surface area contributed by atoms with Crippen molar-refractivity contribution >= 4 is 40.5 Å². The summed E-state index contributed by atoms with van der Waals surface area (Å²) in [6.45, 7) is 15.1. The molecule has 2 aliphatic rings. The van der Waals surface area contributed by atoms with Crippen LogP contribution >= 0.6 is 15.9 Å². The fourth-order valence-electron chi connectivity index (χ4n) is 6.03. The molecule has 5 heteroatoms. The van der Waals surface area contributed by atoms with Crippen LogP contribution < -0.4 is 0 Å². The maximum absolute atomic E-state index is 6.03. The van der Waals surface area contributed by atoms with Crippen LogP contribution in [-0.4, -0.2) is 24.5 Å². The van der Waals surface area contributed by atoms with Gasteiger partial charge in [-0.25, -0.2) is 4.68 Å². The van der Waals surface area contributed by atoms with Gasteiger partial charge in [-0.2, -0.15) is 5.10 Å². The van der Waals surface area contributed by atoms with Gasteiger partial charge in [-0.05, 0) is 76.3 Å². The molecule has 2 aromatic rings. The van der Waals surface area contributed by atoms with Gasteiger partial charge in [0.05, 0.1) is 11.7 Å². The quantitative estimate of drug-likeness (QED) is 0.306. The lowest BCUT2D eigenvalue weighted by atomic mass is 9.90. The van der Waals surface area contributed by atoms with E-state index >= 15 is 0 Å². The third-order valence-corrected chi connectivity index (χ3v) is 14.8. The van der Waals surface area contributed by atoms with Crippen LogP contribution in [-0.2, 0) is 11.2 Å². The van der Waals surface area contributed by atoms with Gasteiger partial charge < -0.3 is 4.74 Å². The number of hydrogen-bond acceptors (Lipinski definition) is 2. The molecule has 1 atom stereocenters. The minimum absolute atomic E-state index is 0.0549. The van der Waals surface area contributed by atoms with Crippen LogP contribution in [0.2, 0.25) is 16.6 Å². The number of fused-ring (bicyclic) bond motifs is 2. The first-order chi connectivity index (χ1) is 15.3. The summed E-state index contributed by atoms with van der Waals surface area (Å²) in [6, 6.07) is 2.34. The molecule has 1 aliphatic carbocycles. The van der Waals surface area contributed by atoms with Crippen molar-refractivity contribution in [1.29, 1.82) is 0 Å². The Kier molecular flexibility index (Phi) is 7.05. The number of hydrogen-bond donors (Lipinski definition) is 0. The lowest BCUT2D eigenvalue weighted by Gasteiger charge is -2.38. The van der Waals surface area contributed by atoms with E-state index in [4.69, 9.17) is 9.84 Å². The molecule has 0 radical (unpaired) electrons. The smallest absolute Gasteiger partial charge is 0.150 e. The Balaban J connectivity index is 1.79. The molecule has 4 rings (SSSR count). The highest BCUT2D eigenvalue weighted by Crippen LogP contribution is 2.42. The van der Waals surface area contributed by atoms with Crippen LogP contribution in [0.25, 0.3) is 16.5 Å². The monoisotopic (exact) mass is 512 g/mol. The van der Waals surface area contributed by atoms with Crippen LogP contribution in [0.3, 0.4) is 0 Å². The number of ether oxygens (including phenoxy) is 1. The van der Waals surface area contributed by atoms with Crippen molar-refractivity contribution in [2.24, 2.45) is 0 Å². The van der Waals surface area contributed by atoms with Crippen LogP contribution in [0.5, 0.6) is 0 Å². The minimum atomic E-state index is -1.77. The number of aromatic nitrogens is 2. The molecule has 1 saturated heterocycles. The zero-order valence-electron chi connectivity index (χ0n) is 20.5. The molecule has 0 N–H and O–H groups in total. The summed E-state index contributed by atoms with van der Waals surface area (Å²) in [5, 5.41) is 5.90. The number of rotatable bonds is 4. The number of nitrogens with zero attached hydrogens (tertiary/aromatic N) is 2. The first-order valence-electron chi connectivity index (χ1n) is 12.3. The number of aryl methyl sites for hydroxylation is 1. The third-order valence-electron chi connectivity index (χ3n) is 7.66. The largest absolute Gasteiger partial charge is 0.356 e. The van der Waals surface area contributed by atoms with E-state index in [9.17, 15) is 0 Å². The normalized spacial score (nSPS) is 19.3. The molecule has 1 aromatic carbocycles. The van der Waals surface area contributed by atoms with E-state index in [1.54, 1.807) is 0 Å². The van der Waals surface area contributed by atoms with E-state index in [0.29, 0.717) is 16.6 Å². The van der Waals surface area contributed by atoms with Gasteiger partial charge in [0.25, 0.3) is 0 Å². The predicted octanol–water partition coefficient (Wildman–Crippen LogP) is 8.05. The van der Waals surface area contributed by atoms with Gasteiger partial charge in [-0.3, -0.25) is 0 Å². The highest BCUT2D eigenvalue weighted by molar-refractivity contribution is 9.10. The van der Waals surface area contributed by atoms with E-state index in [-0.39, 0.29) is 6.23 Å². The summed E-state index contributed by atoms with van der Waals surface area (Å²) < 4.78 is 9.27. The zero-order chi connectivity index (χ0) is 23.0. The fraction of sp³-hybridized carbons (Fsp3) is 0.593. The first kappa shape index (κ1) is 23.8. The van der Waals surface area contributed by atoms with E-state index in [1.807, 2.05) is 6.20 Å². The predicted molar refractivity (Wildman–Crippen MR) is 141 cm³/mol. The van der Waals surface area contributed by atoms with E-state index in [1.165, 1.54) is 28.6 Å². The van der Waals surface area contributed by atoms with Gasteiger partial charge >= 0.3 is 0 Å². The van der Waals surface area contributed by atoms with Crippen molar-refractivity contribution in [3.8, 4) is 11.5 Å². The SMILES string of the molecule is CC(C)[Si](C#CC1=CCCc2cc3c(cnn3C3CCCCO3)c(Br)c21)(C(C)C)C(C)C. The summed E-state index contributed by atoms with van der Waals surface area (Å²) in [5.74, 6) is 3.73. The highest BCUT2D eigenvalue weighted by Gasteiger charge is 2.41. The molecular weight excluding hydrogens is 476 g/mol. The molecule has 1 aromatic heterocycles. The van der Waals surface area contributed by atoms with Crippen molar-refractivity contribution in [2.75, 3.05) is 6.61 Å². The molecule has 172 valence electrons. The molecule has 1 fully saturated rings. The van der Waals surface area contributed by atoms with Crippen LogP contribution in [0.1, 0.15) is 84.6 Å². The Morgan fingerprint density at radius 1 is 1.12 bits per heavy atom. The Hall–Kier alpha value is -1.35. The minimum Gasteiger partial charge on any atom is -0.356 e. The van der Waals surface area contributed by atoms with Gasteiger partial charge in [0, 0.05) is 27.6 Å². The van der Waals surface area contributed by atoms with E-state index in [2.05, 4.69) is 85.8 Å². The van der Waals surface area contributed by atoms with E-state index in [0.717, 1.165) is 42.1 Å². The Morgan fingerprint density at radius 2 is 1.84 bits per heavy atom. The van der Waals surface area contributed by atoms with Gasteiger partial charge in [-0.1, -0.05) is 53.5 Å². The second-order valence-corrected chi connectivity index (χ2v) is 16.7. The fourth-order valence-corrected chi connectivity index (χ4v) is 12.0. The molecule has 1 aliphatic heterocycles. The van der Waals surface area contributed by atoms with Crippen molar-refractivity contribution in [2.45, 2.75) is 96.5 Å².